The van der Waals surface area contributed by atoms with Gasteiger partial charge in [0, 0.05) is 17.6 Å². The summed E-state index contributed by atoms with van der Waals surface area (Å²) >= 11 is 1.47. The van der Waals surface area contributed by atoms with E-state index >= 15 is 0 Å². The van der Waals surface area contributed by atoms with Crippen LogP contribution in [0.4, 0.5) is 0 Å². The number of hydrogen-bond acceptors (Lipinski definition) is 4. The summed E-state index contributed by atoms with van der Waals surface area (Å²) in [5.41, 5.74) is -2.93. The highest BCUT2D eigenvalue weighted by atomic mass is 32.2. The zero-order valence-electron chi connectivity index (χ0n) is 9.67. The number of carbonyl (C=O) groups excluding carboxylic acids is 1. The van der Waals surface area contributed by atoms with Crippen molar-refractivity contribution in [2.45, 2.75) is 17.6 Å². The van der Waals surface area contributed by atoms with Crippen LogP contribution >= 0.6 is 11.8 Å². The van der Waals surface area contributed by atoms with E-state index in [0.29, 0.717) is 5.75 Å². The summed E-state index contributed by atoms with van der Waals surface area (Å²) in [5, 5.41) is 21.6. The molecular weight excluding hydrogens is 236 g/mol. The molecule has 0 aliphatic heterocycles. The maximum Gasteiger partial charge on any atom is 0.190 e. The van der Waals surface area contributed by atoms with E-state index < -0.39 is 11.2 Å². The third-order valence-corrected chi connectivity index (χ3v) is 5.29. The van der Waals surface area contributed by atoms with Crippen LogP contribution in [0.1, 0.15) is 6.42 Å². The van der Waals surface area contributed by atoms with Crippen molar-refractivity contribution in [3.63, 3.8) is 0 Å². The Balaban J connectivity index is 2.16. The molecule has 3 aliphatic rings. The summed E-state index contributed by atoms with van der Waals surface area (Å²) in [6.45, 7) is 0. The fourth-order valence-corrected chi connectivity index (χ4v) is 4.66. The quantitative estimate of drug-likeness (QED) is 0.713. The van der Waals surface area contributed by atoms with E-state index in [0.717, 1.165) is 6.42 Å². The molecule has 5 atom stereocenters. The molecule has 0 aromatic carbocycles. The molecule has 0 radical (unpaired) electrons. The van der Waals surface area contributed by atoms with E-state index in [1.54, 1.807) is 6.08 Å². The largest absolute Gasteiger partial charge is 0.385 e. The van der Waals surface area contributed by atoms with Crippen molar-refractivity contribution >= 4 is 17.5 Å². The average Bonchev–Trinajstić information content (AvgIpc) is 2.78. The van der Waals surface area contributed by atoms with Gasteiger partial charge in [0.2, 0.25) is 0 Å². The van der Waals surface area contributed by atoms with Crippen LogP contribution in [0.2, 0.25) is 0 Å². The van der Waals surface area contributed by atoms with Crippen molar-refractivity contribution in [2.75, 3.05) is 12.0 Å². The lowest BCUT2D eigenvalue weighted by Crippen LogP contribution is -2.63. The number of allylic oxidation sites excluding steroid dienone is 1. The van der Waals surface area contributed by atoms with Crippen molar-refractivity contribution in [3.8, 4) is 0 Å². The topological polar surface area (TPSA) is 57.5 Å². The lowest BCUT2D eigenvalue weighted by atomic mass is 9.72. The van der Waals surface area contributed by atoms with Gasteiger partial charge in [-0.05, 0) is 24.7 Å². The number of fused-ring (bicyclic) bond motifs is 5. The number of aliphatic hydroxyl groups is 2. The summed E-state index contributed by atoms with van der Waals surface area (Å²) in [6, 6.07) is 0. The Labute approximate surface area is 105 Å². The van der Waals surface area contributed by atoms with Crippen molar-refractivity contribution in [2.24, 2.45) is 17.8 Å². The molecule has 0 aromatic heterocycles. The molecule has 0 amide bonds. The molecule has 2 N–H and O–H groups in total. The van der Waals surface area contributed by atoms with Crippen LogP contribution in [0.3, 0.4) is 0 Å². The van der Waals surface area contributed by atoms with Gasteiger partial charge in [0.1, 0.15) is 5.60 Å². The number of rotatable bonds is 2. The highest BCUT2D eigenvalue weighted by molar-refractivity contribution is 7.98. The van der Waals surface area contributed by atoms with Crippen LogP contribution in [0.25, 0.3) is 0 Å². The molecule has 3 rings (SSSR count). The smallest absolute Gasteiger partial charge is 0.190 e. The first-order valence-corrected chi connectivity index (χ1v) is 7.28. The van der Waals surface area contributed by atoms with Crippen molar-refractivity contribution in [1.82, 2.24) is 0 Å². The predicted molar refractivity (Wildman–Crippen MR) is 66.7 cm³/mol. The van der Waals surface area contributed by atoms with Gasteiger partial charge in [-0.25, -0.2) is 0 Å². The van der Waals surface area contributed by atoms with Crippen molar-refractivity contribution < 1.29 is 15.0 Å². The molecule has 3 nitrogen and oxygen atoms in total. The average molecular weight is 252 g/mol. The molecule has 4 heteroatoms. The van der Waals surface area contributed by atoms with Gasteiger partial charge in [-0.15, -0.1) is 0 Å². The molecule has 0 saturated heterocycles. The highest BCUT2D eigenvalue weighted by Gasteiger charge is 2.71. The molecule has 92 valence electrons. The van der Waals surface area contributed by atoms with Crippen molar-refractivity contribution in [3.05, 3.63) is 24.3 Å². The maximum absolute atomic E-state index is 12.1. The Hall–Kier alpha value is -0.580. The molecule has 3 aliphatic carbocycles. The molecule has 2 bridgehead atoms. The summed E-state index contributed by atoms with van der Waals surface area (Å²) in [5.74, 6) is -0.126. The van der Waals surface area contributed by atoms with Gasteiger partial charge in [0.25, 0.3) is 0 Å². The van der Waals surface area contributed by atoms with Crippen LogP contribution in [0.15, 0.2) is 24.3 Å². The Kier molecular flexibility index (Phi) is 2.35. The van der Waals surface area contributed by atoms with E-state index in [-0.39, 0.29) is 23.5 Å². The van der Waals surface area contributed by atoms with Gasteiger partial charge in [0.15, 0.2) is 11.4 Å². The van der Waals surface area contributed by atoms with Gasteiger partial charge in [-0.3, -0.25) is 4.79 Å². The normalized spacial score (nSPS) is 51.0. The van der Waals surface area contributed by atoms with Crippen LogP contribution in [-0.4, -0.2) is 39.2 Å². The molecule has 17 heavy (non-hydrogen) atoms. The van der Waals surface area contributed by atoms with E-state index in [9.17, 15) is 15.0 Å². The molecule has 0 spiro atoms. The first-order chi connectivity index (χ1) is 8.05. The van der Waals surface area contributed by atoms with E-state index in [1.165, 1.54) is 17.8 Å². The third-order valence-electron chi connectivity index (χ3n) is 4.56. The molecule has 0 aromatic rings. The molecule has 0 unspecified atom stereocenters. The second kappa shape index (κ2) is 3.46. The highest BCUT2D eigenvalue weighted by Crippen LogP contribution is 2.59. The van der Waals surface area contributed by atoms with Gasteiger partial charge in [-0.2, -0.15) is 11.8 Å². The first kappa shape index (κ1) is 11.5. The van der Waals surface area contributed by atoms with Gasteiger partial charge < -0.3 is 10.2 Å². The third kappa shape index (κ3) is 1.14. The molecule has 0 heterocycles. The maximum atomic E-state index is 12.1. The summed E-state index contributed by atoms with van der Waals surface area (Å²) in [4.78, 5) is 12.1. The van der Waals surface area contributed by atoms with Gasteiger partial charge >= 0.3 is 0 Å². The minimum Gasteiger partial charge on any atom is -0.385 e. The molecule has 1 saturated carbocycles. The first-order valence-electron chi connectivity index (χ1n) is 5.88. The Bertz CT molecular complexity index is 430. The summed E-state index contributed by atoms with van der Waals surface area (Å²) < 4.78 is 0. The lowest BCUT2D eigenvalue weighted by Gasteiger charge is -2.42. The standard InChI is InChI=1S/C13H16O3S/c1-17-7-12(15)9-5-6-11(14)13(12,16)10-4-2-3-8(9)10/h2,4-6,8-10,15-16H,3,7H2,1H3/t8-,9+,10-,12-,13-/m0/s1. The number of thioether (sulfide) groups is 1. The van der Waals surface area contributed by atoms with Crippen molar-refractivity contribution in [1.29, 1.82) is 0 Å². The number of ketones is 1. The van der Waals surface area contributed by atoms with Crippen LogP contribution in [0, 0.1) is 17.8 Å². The Morgan fingerprint density at radius 1 is 1.41 bits per heavy atom. The number of hydrogen-bond donors (Lipinski definition) is 2. The minimum atomic E-state index is -1.62. The zero-order chi connectivity index (χ0) is 12.3. The monoisotopic (exact) mass is 252 g/mol. The van der Waals surface area contributed by atoms with E-state index in [2.05, 4.69) is 0 Å². The zero-order valence-corrected chi connectivity index (χ0v) is 10.5. The summed E-state index contributed by atoms with van der Waals surface area (Å²) in [7, 11) is 0. The van der Waals surface area contributed by atoms with Crippen LogP contribution in [-0.2, 0) is 4.79 Å². The van der Waals surface area contributed by atoms with Gasteiger partial charge in [-0.1, -0.05) is 18.2 Å². The number of carbonyl (C=O) groups is 1. The van der Waals surface area contributed by atoms with Crippen LogP contribution < -0.4 is 0 Å². The minimum absolute atomic E-state index is 0.113. The SMILES string of the molecule is CSC[C@]1(O)[C@@H]2C=CC(=O)[C@@]1(O)[C@H]1C=CC[C@@H]21. The fourth-order valence-electron chi connectivity index (χ4n) is 3.81. The molecule has 1 fully saturated rings. The Morgan fingerprint density at radius 3 is 2.88 bits per heavy atom. The van der Waals surface area contributed by atoms with Gasteiger partial charge in [0.05, 0.1) is 0 Å². The molecular formula is C13H16O3S. The van der Waals surface area contributed by atoms with E-state index in [1.807, 2.05) is 18.4 Å². The predicted octanol–water partition coefficient (Wildman–Crippen LogP) is 0.773. The second-order valence-electron chi connectivity index (χ2n) is 5.23. The Morgan fingerprint density at radius 2 is 2.18 bits per heavy atom. The lowest BCUT2D eigenvalue weighted by molar-refractivity contribution is -0.167. The van der Waals surface area contributed by atoms with E-state index in [4.69, 9.17) is 0 Å². The van der Waals surface area contributed by atoms with Crippen LogP contribution in [0.5, 0.6) is 0 Å². The second-order valence-corrected chi connectivity index (χ2v) is 6.09. The fraction of sp³-hybridized carbons (Fsp3) is 0.615. The summed E-state index contributed by atoms with van der Waals surface area (Å²) in [6.07, 6.45) is 9.89.